The Morgan fingerprint density at radius 3 is 2.54 bits per heavy atom. The van der Waals surface area contributed by atoms with Gasteiger partial charge in [-0.25, -0.2) is 4.39 Å². The molecule has 1 saturated heterocycles. The van der Waals surface area contributed by atoms with Gasteiger partial charge in [0, 0.05) is 6.42 Å². The Labute approximate surface area is 169 Å². The standard InChI is InChI=1S/C25H35FO2/c1-16-11-19(28-23(27)12-16)8-9-21-20(14-24(3,4)15-25(21,5)6)18-7-10-22(26)17(2)13-18/h7-10,13,16,19-21H,11-12,14-15H2,1-6H3/b9-8+/t16?,19-,20?,21?/m1/s1. The fourth-order valence-corrected chi connectivity index (χ4v) is 5.70. The molecule has 0 radical (unpaired) electrons. The van der Waals surface area contributed by atoms with Crippen LogP contribution >= 0.6 is 0 Å². The van der Waals surface area contributed by atoms with Gasteiger partial charge in [0.2, 0.25) is 0 Å². The van der Waals surface area contributed by atoms with E-state index in [0.29, 0.717) is 29.7 Å². The molecule has 28 heavy (non-hydrogen) atoms. The Hall–Kier alpha value is -1.64. The highest BCUT2D eigenvalue weighted by molar-refractivity contribution is 5.70. The zero-order valence-corrected chi connectivity index (χ0v) is 18.2. The van der Waals surface area contributed by atoms with Crippen molar-refractivity contribution in [3.8, 4) is 0 Å². The van der Waals surface area contributed by atoms with Crippen LogP contribution < -0.4 is 0 Å². The van der Waals surface area contributed by atoms with E-state index in [9.17, 15) is 9.18 Å². The number of rotatable bonds is 3. The summed E-state index contributed by atoms with van der Waals surface area (Å²) in [5, 5.41) is 0. The van der Waals surface area contributed by atoms with E-state index < -0.39 is 0 Å². The number of aryl methyl sites for hydroxylation is 1. The molecule has 2 nitrogen and oxygen atoms in total. The van der Waals surface area contributed by atoms with Crippen LogP contribution in [0.5, 0.6) is 0 Å². The van der Waals surface area contributed by atoms with Gasteiger partial charge < -0.3 is 4.74 Å². The molecule has 1 aromatic rings. The average Bonchev–Trinajstić information content (AvgIpc) is 2.53. The highest BCUT2D eigenvalue weighted by atomic mass is 19.1. The summed E-state index contributed by atoms with van der Waals surface area (Å²) in [6.07, 6.45) is 7.88. The molecule has 1 saturated carbocycles. The van der Waals surface area contributed by atoms with E-state index in [2.05, 4.69) is 46.8 Å². The van der Waals surface area contributed by atoms with Gasteiger partial charge in [-0.2, -0.15) is 0 Å². The molecule has 1 aliphatic carbocycles. The van der Waals surface area contributed by atoms with E-state index in [-0.39, 0.29) is 28.7 Å². The second-order valence-electron chi connectivity index (χ2n) is 10.6. The summed E-state index contributed by atoms with van der Waals surface area (Å²) < 4.78 is 19.4. The van der Waals surface area contributed by atoms with Gasteiger partial charge in [0.25, 0.3) is 0 Å². The number of esters is 1. The van der Waals surface area contributed by atoms with Crippen LogP contribution in [0, 0.1) is 35.4 Å². The van der Waals surface area contributed by atoms with Gasteiger partial charge in [-0.3, -0.25) is 4.79 Å². The van der Waals surface area contributed by atoms with Gasteiger partial charge in [-0.05, 0) is 78.0 Å². The molecule has 154 valence electrons. The number of hydrogen-bond donors (Lipinski definition) is 0. The van der Waals surface area contributed by atoms with Crippen molar-refractivity contribution >= 4 is 5.97 Å². The SMILES string of the molecule is Cc1cc(C2CC(C)(C)CC(C)(C)C2/C=C/[C@@H]2CC(C)CC(=O)O2)ccc1F. The van der Waals surface area contributed by atoms with Crippen LogP contribution in [0.15, 0.2) is 30.4 Å². The second kappa shape index (κ2) is 7.65. The van der Waals surface area contributed by atoms with Crippen LogP contribution in [-0.4, -0.2) is 12.1 Å². The monoisotopic (exact) mass is 386 g/mol. The minimum Gasteiger partial charge on any atom is -0.458 e. The van der Waals surface area contributed by atoms with Crippen molar-refractivity contribution < 1.29 is 13.9 Å². The van der Waals surface area contributed by atoms with Crippen molar-refractivity contribution in [2.75, 3.05) is 0 Å². The number of allylic oxidation sites excluding steroid dienone is 1. The Bertz CT molecular complexity index is 762. The number of carbonyl (C=O) groups is 1. The molecule has 1 aromatic carbocycles. The van der Waals surface area contributed by atoms with Gasteiger partial charge in [-0.15, -0.1) is 0 Å². The van der Waals surface area contributed by atoms with Crippen molar-refractivity contribution in [2.24, 2.45) is 22.7 Å². The average molecular weight is 387 g/mol. The van der Waals surface area contributed by atoms with Gasteiger partial charge in [-0.1, -0.05) is 52.8 Å². The van der Waals surface area contributed by atoms with E-state index in [1.54, 1.807) is 6.07 Å². The molecule has 3 heteroatoms. The topological polar surface area (TPSA) is 26.3 Å². The van der Waals surface area contributed by atoms with Crippen LogP contribution in [0.3, 0.4) is 0 Å². The first-order valence-corrected chi connectivity index (χ1v) is 10.6. The molecule has 2 aliphatic rings. The fraction of sp³-hybridized carbons (Fsp3) is 0.640. The van der Waals surface area contributed by atoms with Gasteiger partial charge in [0.1, 0.15) is 11.9 Å². The zero-order chi connectivity index (χ0) is 20.7. The predicted molar refractivity (Wildman–Crippen MR) is 112 cm³/mol. The molecular formula is C25H35FO2. The number of benzene rings is 1. The van der Waals surface area contributed by atoms with Crippen LogP contribution in [0.25, 0.3) is 0 Å². The summed E-state index contributed by atoms with van der Waals surface area (Å²) in [7, 11) is 0. The molecule has 1 aliphatic heterocycles. The second-order valence-corrected chi connectivity index (χ2v) is 10.6. The lowest BCUT2D eigenvalue weighted by molar-refractivity contribution is -0.153. The minimum atomic E-state index is -0.145. The van der Waals surface area contributed by atoms with Crippen molar-refractivity contribution in [3.63, 3.8) is 0 Å². The van der Waals surface area contributed by atoms with Gasteiger partial charge in [0.15, 0.2) is 0 Å². The number of hydrogen-bond acceptors (Lipinski definition) is 2. The van der Waals surface area contributed by atoms with Crippen LogP contribution in [0.4, 0.5) is 4.39 Å². The summed E-state index contributed by atoms with van der Waals surface area (Å²) in [4.78, 5) is 11.8. The summed E-state index contributed by atoms with van der Waals surface area (Å²) in [5.74, 6) is 0.772. The lowest BCUT2D eigenvalue weighted by atomic mass is 9.54. The summed E-state index contributed by atoms with van der Waals surface area (Å²) in [6.45, 7) is 13.3. The number of ether oxygens (including phenoxy) is 1. The maximum absolute atomic E-state index is 13.9. The molecule has 1 heterocycles. The summed E-state index contributed by atoms with van der Waals surface area (Å²) >= 11 is 0. The van der Waals surface area contributed by atoms with Gasteiger partial charge >= 0.3 is 5.97 Å². The molecule has 0 spiro atoms. The van der Waals surface area contributed by atoms with Crippen molar-refractivity contribution in [1.29, 1.82) is 0 Å². The van der Waals surface area contributed by atoms with E-state index in [1.807, 2.05) is 19.1 Å². The Balaban J connectivity index is 1.92. The molecule has 2 fully saturated rings. The first-order valence-electron chi connectivity index (χ1n) is 10.6. The van der Waals surface area contributed by atoms with Crippen LogP contribution in [0.2, 0.25) is 0 Å². The maximum Gasteiger partial charge on any atom is 0.306 e. The van der Waals surface area contributed by atoms with E-state index in [4.69, 9.17) is 4.74 Å². The Morgan fingerprint density at radius 2 is 1.89 bits per heavy atom. The van der Waals surface area contributed by atoms with Crippen molar-refractivity contribution in [3.05, 3.63) is 47.3 Å². The number of carbonyl (C=O) groups excluding carboxylic acids is 1. The number of cyclic esters (lactones) is 1. The fourth-order valence-electron chi connectivity index (χ4n) is 5.70. The third-order valence-corrected chi connectivity index (χ3v) is 6.62. The van der Waals surface area contributed by atoms with Gasteiger partial charge in [0.05, 0.1) is 0 Å². The first kappa shape index (κ1) is 21.1. The Kier molecular flexibility index (Phi) is 5.76. The number of halogens is 1. The van der Waals surface area contributed by atoms with Crippen LogP contribution in [0.1, 0.15) is 77.3 Å². The highest BCUT2D eigenvalue weighted by Gasteiger charge is 2.45. The third-order valence-electron chi connectivity index (χ3n) is 6.62. The van der Waals surface area contributed by atoms with Crippen LogP contribution in [-0.2, 0) is 9.53 Å². The maximum atomic E-state index is 13.9. The molecule has 4 atom stereocenters. The largest absolute Gasteiger partial charge is 0.458 e. The van der Waals surface area contributed by atoms with Crippen molar-refractivity contribution in [1.82, 2.24) is 0 Å². The predicted octanol–water partition coefficient (Wildman–Crippen LogP) is 6.58. The molecule has 0 bridgehead atoms. The first-order chi connectivity index (χ1) is 13.0. The minimum absolute atomic E-state index is 0.0943. The normalized spacial score (nSPS) is 32.3. The zero-order valence-electron chi connectivity index (χ0n) is 18.2. The molecule has 3 unspecified atom stereocenters. The van der Waals surface area contributed by atoms with Crippen molar-refractivity contribution in [2.45, 2.75) is 79.2 Å². The van der Waals surface area contributed by atoms with E-state index >= 15 is 0 Å². The summed E-state index contributed by atoms with van der Waals surface area (Å²) in [5.41, 5.74) is 2.25. The van der Waals surface area contributed by atoms with E-state index in [0.717, 1.165) is 19.3 Å². The highest BCUT2D eigenvalue weighted by Crippen LogP contribution is 2.56. The lowest BCUT2D eigenvalue weighted by Gasteiger charge is -2.50. The molecule has 0 amide bonds. The molecular weight excluding hydrogens is 351 g/mol. The third kappa shape index (κ3) is 4.67. The quantitative estimate of drug-likeness (QED) is 0.433. The molecule has 3 rings (SSSR count). The smallest absolute Gasteiger partial charge is 0.306 e. The summed E-state index contributed by atoms with van der Waals surface area (Å²) in [6, 6.07) is 5.57. The molecule has 0 N–H and O–H groups in total. The Morgan fingerprint density at radius 1 is 1.18 bits per heavy atom. The molecule has 0 aromatic heterocycles. The van der Waals surface area contributed by atoms with E-state index in [1.165, 1.54) is 5.56 Å². The lowest BCUT2D eigenvalue weighted by Crippen LogP contribution is -2.40.